The lowest BCUT2D eigenvalue weighted by Gasteiger charge is -2.07. The van der Waals surface area contributed by atoms with Gasteiger partial charge in [0.1, 0.15) is 10.7 Å². The van der Waals surface area contributed by atoms with E-state index in [1.165, 1.54) is 16.9 Å². The number of hydrogen-bond donors (Lipinski definition) is 2. The van der Waals surface area contributed by atoms with E-state index in [0.29, 0.717) is 11.2 Å². The normalized spacial score (nSPS) is 12.4. The van der Waals surface area contributed by atoms with Crippen molar-refractivity contribution in [3.05, 3.63) is 62.5 Å². The van der Waals surface area contributed by atoms with Crippen molar-refractivity contribution in [1.82, 2.24) is 20.2 Å². The lowest BCUT2D eigenvalue weighted by atomic mass is 10.2. The predicted molar refractivity (Wildman–Crippen MR) is 123 cm³/mol. The lowest BCUT2D eigenvalue weighted by molar-refractivity contribution is 0.917. The number of benzene rings is 1. The van der Waals surface area contributed by atoms with E-state index in [-0.39, 0.29) is 10.8 Å². The Balaban J connectivity index is 1.40. The molecule has 1 unspecified atom stereocenters. The number of aromatic nitrogens is 4. The van der Waals surface area contributed by atoms with Gasteiger partial charge in [-0.3, -0.25) is 4.79 Å². The number of nitrogens with one attached hydrogen (secondary N) is 2. The first-order valence-electron chi connectivity index (χ1n) is 9.29. The third-order valence-corrected chi connectivity index (χ3v) is 7.83. The summed E-state index contributed by atoms with van der Waals surface area (Å²) < 4.78 is 0.848. The van der Waals surface area contributed by atoms with Crippen molar-refractivity contribution in [1.29, 1.82) is 0 Å². The SMILES string of the molecule is Cc1sc2nc(C(C)Sc3nnc(NCCc4ccccc4)s3)[nH]c(=O)c2c1C. The molecular formula is C20H21N5OS3. The quantitative estimate of drug-likeness (QED) is 0.393. The Morgan fingerprint density at radius 1 is 1.17 bits per heavy atom. The highest BCUT2D eigenvalue weighted by atomic mass is 32.2. The molecule has 0 aliphatic heterocycles. The topological polar surface area (TPSA) is 83.6 Å². The standard InChI is InChI=1S/C20H21N5OS3/c1-11-12(2)27-18-15(11)17(26)22-16(23-18)13(3)28-20-25-24-19(29-20)21-10-9-14-7-5-4-6-8-14/h4-8,13H,9-10H2,1-3H3,(H,21,24)(H,22,23,26). The summed E-state index contributed by atoms with van der Waals surface area (Å²) in [6.07, 6.45) is 0.935. The molecule has 0 aliphatic rings. The number of rotatable bonds is 7. The average Bonchev–Trinajstić information content (AvgIpc) is 3.26. The molecule has 0 bridgehead atoms. The molecule has 29 heavy (non-hydrogen) atoms. The molecular weight excluding hydrogens is 422 g/mol. The van der Waals surface area contributed by atoms with Gasteiger partial charge in [0.2, 0.25) is 5.13 Å². The van der Waals surface area contributed by atoms with E-state index in [9.17, 15) is 4.79 Å². The number of aromatic amines is 1. The van der Waals surface area contributed by atoms with Gasteiger partial charge in [-0.1, -0.05) is 53.4 Å². The van der Waals surface area contributed by atoms with E-state index >= 15 is 0 Å². The van der Waals surface area contributed by atoms with Crippen LogP contribution in [-0.2, 0) is 6.42 Å². The van der Waals surface area contributed by atoms with Crippen LogP contribution in [-0.4, -0.2) is 26.7 Å². The summed E-state index contributed by atoms with van der Waals surface area (Å²) in [6, 6.07) is 10.3. The highest BCUT2D eigenvalue weighted by Crippen LogP contribution is 2.36. The van der Waals surface area contributed by atoms with E-state index in [4.69, 9.17) is 0 Å². The number of fused-ring (bicyclic) bond motifs is 1. The van der Waals surface area contributed by atoms with E-state index in [1.807, 2.05) is 39.0 Å². The molecule has 9 heteroatoms. The number of aryl methyl sites for hydroxylation is 2. The predicted octanol–water partition coefficient (Wildman–Crippen LogP) is 4.96. The van der Waals surface area contributed by atoms with Gasteiger partial charge in [0.25, 0.3) is 5.56 Å². The summed E-state index contributed by atoms with van der Waals surface area (Å²) in [7, 11) is 0. The third-order valence-electron chi connectivity index (χ3n) is 4.66. The average molecular weight is 444 g/mol. The molecule has 0 saturated carbocycles. The van der Waals surface area contributed by atoms with Crippen LogP contribution in [0.1, 0.15) is 34.0 Å². The first-order chi connectivity index (χ1) is 14.0. The molecule has 0 aliphatic carbocycles. The Kier molecular flexibility index (Phi) is 5.98. The molecule has 2 N–H and O–H groups in total. The van der Waals surface area contributed by atoms with E-state index in [1.54, 1.807) is 23.1 Å². The molecule has 3 aromatic heterocycles. The van der Waals surface area contributed by atoms with Gasteiger partial charge in [-0.05, 0) is 38.3 Å². The second kappa shape index (κ2) is 8.64. The fraction of sp³-hybridized carbons (Fsp3) is 0.300. The maximum absolute atomic E-state index is 12.5. The molecule has 1 aromatic carbocycles. The highest BCUT2D eigenvalue weighted by molar-refractivity contribution is 8.01. The van der Waals surface area contributed by atoms with Gasteiger partial charge in [-0.15, -0.1) is 21.5 Å². The van der Waals surface area contributed by atoms with Gasteiger partial charge in [0.05, 0.1) is 10.6 Å². The summed E-state index contributed by atoms with van der Waals surface area (Å²) in [4.78, 5) is 22.1. The Morgan fingerprint density at radius 3 is 2.76 bits per heavy atom. The molecule has 0 radical (unpaired) electrons. The monoisotopic (exact) mass is 443 g/mol. The largest absolute Gasteiger partial charge is 0.360 e. The number of H-pyrrole nitrogens is 1. The van der Waals surface area contributed by atoms with Gasteiger partial charge in [-0.25, -0.2) is 4.98 Å². The van der Waals surface area contributed by atoms with Crippen LogP contribution < -0.4 is 10.9 Å². The van der Waals surface area contributed by atoms with E-state index in [2.05, 4.69) is 37.6 Å². The third kappa shape index (κ3) is 4.52. The van der Waals surface area contributed by atoms with Crippen LogP contribution in [0.2, 0.25) is 0 Å². The number of thiophene rings is 1. The van der Waals surface area contributed by atoms with Gasteiger partial charge < -0.3 is 10.3 Å². The van der Waals surface area contributed by atoms with Crippen LogP contribution in [0.25, 0.3) is 10.2 Å². The molecule has 0 fully saturated rings. The first-order valence-corrected chi connectivity index (χ1v) is 11.8. The van der Waals surface area contributed by atoms with E-state index in [0.717, 1.165) is 37.7 Å². The summed E-state index contributed by atoms with van der Waals surface area (Å²) in [6.45, 7) is 6.82. The van der Waals surface area contributed by atoms with Crippen molar-refractivity contribution in [3.8, 4) is 0 Å². The van der Waals surface area contributed by atoms with Crippen LogP contribution in [0.15, 0.2) is 39.5 Å². The molecule has 0 amide bonds. The van der Waals surface area contributed by atoms with Crippen LogP contribution in [0, 0.1) is 13.8 Å². The molecule has 150 valence electrons. The van der Waals surface area contributed by atoms with Gasteiger partial charge in [-0.2, -0.15) is 0 Å². The van der Waals surface area contributed by atoms with Crippen molar-refractivity contribution in [2.75, 3.05) is 11.9 Å². The molecule has 6 nitrogen and oxygen atoms in total. The minimum atomic E-state index is -0.0696. The Morgan fingerprint density at radius 2 is 1.97 bits per heavy atom. The van der Waals surface area contributed by atoms with Crippen molar-refractivity contribution < 1.29 is 0 Å². The fourth-order valence-electron chi connectivity index (χ4n) is 2.96. The zero-order valence-electron chi connectivity index (χ0n) is 16.4. The summed E-state index contributed by atoms with van der Waals surface area (Å²) >= 11 is 4.64. The lowest BCUT2D eigenvalue weighted by Crippen LogP contribution is -2.12. The van der Waals surface area contributed by atoms with Gasteiger partial charge >= 0.3 is 0 Å². The number of thioether (sulfide) groups is 1. The van der Waals surface area contributed by atoms with Crippen LogP contribution in [0.4, 0.5) is 5.13 Å². The molecule has 0 spiro atoms. The van der Waals surface area contributed by atoms with Crippen molar-refractivity contribution >= 4 is 49.8 Å². The minimum Gasteiger partial charge on any atom is -0.360 e. The second-order valence-corrected chi connectivity index (χ2v) is 10.5. The number of hydrogen-bond acceptors (Lipinski definition) is 8. The summed E-state index contributed by atoms with van der Waals surface area (Å²) in [5.74, 6) is 0.669. The minimum absolute atomic E-state index is 0.0278. The smallest absolute Gasteiger partial charge is 0.259 e. The van der Waals surface area contributed by atoms with Crippen LogP contribution in [0.5, 0.6) is 0 Å². The van der Waals surface area contributed by atoms with Gasteiger partial charge in [0.15, 0.2) is 4.34 Å². The molecule has 4 aromatic rings. The Labute approximate surface area is 180 Å². The fourth-order valence-corrected chi connectivity index (χ4v) is 5.97. The maximum atomic E-state index is 12.5. The van der Waals surface area contributed by atoms with Crippen LogP contribution in [0.3, 0.4) is 0 Å². The van der Waals surface area contributed by atoms with E-state index < -0.39 is 0 Å². The van der Waals surface area contributed by atoms with Gasteiger partial charge in [0, 0.05) is 11.4 Å². The second-order valence-electron chi connectivity index (χ2n) is 6.71. The van der Waals surface area contributed by atoms with Crippen molar-refractivity contribution in [2.45, 2.75) is 36.8 Å². The summed E-state index contributed by atoms with van der Waals surface area (Å²) in [5.41, 5.74) is 2.23. The molecule has 4 rings (SSSR count). The van der Waals surface area contributed by atoms with Crippen LogP contribution >= 0.6 is 34.4 Å². The first kappa shape index (κ1) is 20.1. The molecule has 3 heterocycles. The summed E-state index contributed by atoms with van der Waals surface area (Å²) in [5, 5.41) is 13.3. The zero-order valence-corrected chi connectivity index (χ0v) is 18.8. The number of nitrogens with zero attached hydrogens (tertiary/aromatic N) is 3. The highest BCUT2D eigenvalue weighted by Gasteiger charge is 2.17. The number of anilines is 1. The Hall–Kier alpha value is -2.23. The van der Waals surface area contributed by atoms with Crippen molar-refractivity contribution in [2.24, 2.45) is 0 Å². The Bertz CT molecular complexity index is 1180. The molecule has 0 saturated heterocycles. The maximum Gasteiger partial charge on any atom is 0.259 e. The molecule has 1 atom stereocenters. The van der Waals surface area contributed by atoms with Crippen molar-refractivity contribution in [3.63, 3.8) is 0 Å². The zero-order chi connectivity index (χ0) is 20.4.